The molecule has 6 nitrogen and oxygen atoms in total. The fourth-order valence-electron chi connectivity index (χ4n) is 2.70. The van der Waals surface area contributed by atoms with Crippen LogP contribution in [0.2, 0.25) is 0 Å². The smallest absolute Gasteiger partial charge is 0.410 e. The number of anilines is 2. The number of aromatic nitrogens is 2. The van der Waals surface area contributed by atoms with Crippen molar-refractivity contribution in [3.05, 3.63) is 54.4 Å². The van der Waals surface area contributed by atoms with Crippen LogP contribution in [0.4, 0.5) is 16.4 Å². The predicted molar refractivity (Wildman–Crippen MR) is 102 cm³/mol. The second-order valence-corrected chi connectivity index (χ2v) is 7.19. The van der Waals surface area contributed by atoms with Gasteiger partial charge >= 0.3 is 6.09 Å². The molecule has 0 unspecified atom stereocenters. The molecule has 136 valence electrons. The number of rotatable bonds is 3. The van der Waals surface area contributed by atoms with E-state index in [-0.39, 0.29) is 6.09 Å². The monoisotopic (exact) mass is 352 g/mol. The van der Waals surface area contributed by atoms with E-state index in [9.17, 15) is 4.79 Å². The highest BCUT2D eigenvalue weighted by Gasteiger charge is 2.24. The van der Waals surface area contributed by atoms with Gasteiger partial charge in [0, 0.05) is 25.5 Å². The van der Waals surface area contributed by atoms with Crippen molar-refractivity contribution in [2.24, 2.45) is 0 Å². The Morgan fingerprint density at radius 3 is 2.69 bits per heavy atom. The molecule has 1 amide bonds. The summed E-state index contributed by atoms with van der Waals surface area (Å²) in [7, 11) is 0. The summed E-state index contributed by atoms with van der Waals surface area (Å²) in [6.07, 6.45) is 6.19. The molecule has 0 radical (unpaired) electrons. The topological polar surface area (TPSA) is 67.3 Å². The van der Waals surface area contributed by atoms with Crippen LogP contribution in [0.1, 0.15) is 32.8 Å². The molecule has 2 aromatic heterocycles. The number of ether oxygens (including phenoxy) is 1. The third-order valence-electron chi connectivity index (χ3n) is 3.85. The van der Waals surface area contributed by atoms with E-state index < -0.39 is 5.60 Å². The number of hydrogen-bond acceptors (Lipinski definition) is 5. The average molecular weight is 352 g/mol. The summed E-state index contributed by atoms with van der Waals surface area (Å²) in [6.45, 7) is 6.84. The van der Waals surface area contributed by atoms with Crippen LogP contribution in [0.15, 0.2) is 48.8 Å². The minimum Gasteiger partial charge on any atom is -0.444 e. The first-order valence-electron chi connectivity index (χ1n) is 8.72. The van der Waals surface area contributed by atoms with Gasteiger partial charge in [-0.1, -0.05) is 12.1 Å². The van der Waals surface area contributed by atoms with Crippen LogP contribution >= 0.6 is 0 Å². The van der Waals surface area contributed by atoms with Crippen molar-refractivity contribution in [2.75, 3.05) is 18.4 Å². The maximum absolute atomic E-state index is 12.3. The zero-order valence-electron chi connectivity index (χ0n) is 15.4. The molecule has 6 heteroatoms. The molecule has 0 fully saturated rings. The van der Waals surface area contributed by atoms with Gasteiger partial charge in [-0.05, 0) is 62.6 Å². The Kier molecular flexibility index (Phi) is 5.21. The Hall–Kier alpha value is -2.89. The van der Waals surface area contributed by atoms with Crippen LogP contribution in [0.5, 0.6) is 0 Å². The molecule has 0 bridgehead atoms. The van der Waals surface area contributed by atoms with Gasteiger partial charge < -0.3 is 15.0 Å². The lowest BCUT2D eigenvalue weighted by atomic mass is 10.0. The van der Waals surface area contributed by atoms with Gasteiger partial charge in [0.25, 0.3) is 0 Å². The quantitative estimate of drug-likeness (QED) is 0.895. The summed E-state index contributed by atoms with van der Waals surface area (Å²) in [5.74, 6) is 1.46. The SMILES string of the molecule is CC(C)(C)OC(=O)N1CCC=C(c2ccnc(Nc3ccccn3)c2)C1. The predicted octanol–water partition coefficient (Wildman–Crippen LogP) is 4.24. The van der Waals surface area contributed by atoms with E-state index in [4.69, 9.17) is 4.74 Å². The Balaban J connectivity index is 1.72. The third kappa shape index (κ3) is 4.81. The van der Waals surface area contributed by atoms with E-state index >= 15 is 0 Å². The zero-order valence-corrected chi connectivity index (χ0v) is 15.4. The van der Waals surface area contributed by atoms with Crippen LogP contribution < -0.4 is 5.32 Å². The first-order chi connectivity index (χ1) is 12.4. The zero-order chi connectivity index (χ0) is 18.6. The van der Waals surface area contributed by atoms with E-state index in [1.165, 1.54) is 0 Å². The average Bonchev–Trinajstić information content (AvgIpc) is 2.61. The Morgan fingerprint density at radius 2 is 1.96 bits per heavy atom. The summed E-state index contributed by atoms with van der Waals surface area (Å²) in [4.78, 5) is 22.7. The first kappa shape index (κ1) is 17.9. The number of nitrogens with zero attached hydrogens (tertiary/aromatic N) is 3. The van der Waals surface area contributed by atoms with Crippen molar-refractivity contribution in [2.45, 2.75) is 32.8 Å². The molecule has 1 aliphatic heterocycles. The lowest BCUT2D eigenvalue weighted by Crippen LogP contribution is -2.39. The second kappa shape index (κ2) is 7.56. The van der Waals surface area contributed by atoms with Crippen molar-refractivity contribution in [3.63, 3.8) is 0 Å². The molecule has 0 spiro atoms. The van der Waals surface area contributed by atoms with E-state index in [1.54, 1.807) is 17.3 Å². The molecule has 1 aliphatic rings. The highest BCUT2D eigenvalue weighted by atomic mass is 16.6. The molecule has 2 aromatic rings. The molecule has 3 heterocycles. The molecule has 26 heavy (non-hydrogen) atoms. The summed E-state index contributed by atoms with van der Waals surface area (Å²) in [5, 5.41) is 3.19. The lowest BCUT2D eigenvalue weighted by molar-refractivity contribution is 0.0273. The highest BCUT2D eigenvalue weighted by Crippen LogP contribution is 2.24. The van der Waals surface area contributed by atoms with Crippen molar-refractivity contribution < 1.29 is 9.53 Å². The molecule has 0 saturated heterocycles. The largest absolute Gasteiger partial charge is 0.444 e. The van der Waals surface area contributed by atoms with Gasteiger partial charge in [-0.3, -0.25) is 0 Å². The molecule has 0 aliphatic carbocycles. The number of carbonyl (C=O) groups is 1. The Labute approximate surface area is 153 Å². The number of pyridine rings is 2. The number of hydrogen-bond donors (Lipinski definition) is 1. The van der Waals surface area contributed by atoms with Crippen LogP contribution in [0, 0.1) is 0 Å². The standard InChI is InChI=1S/C20H24N4O2/c1-20(2,3)26-19(25)24-12-6-7-16(14-24)15-9-11-22-18(13-15)23-17-8-4-5-10-21-17/h4-5,7-11,13H,6,12,14H2,1-3H3,(H,21,22,23). The summed E-state index contributed by atoms with van der Waals surface area (Å²) in [6, 6.07) is 9.60. The van der Waals surface area contributed by atoms with Crippen molar-refractivity contribution in [1.82, 2.24) is 14.9 Å². The summed E-state index contributed by atoms with van der Waals surface area (Å²) < 4.78 is 5.49. The normalized spacial score (nSPS) is 14.6. The van der Waals surface area contributed by atoms with Gasteiger partial charge in [0.1, 0.15) is 17.2 Å². The second-order valence-electron chi connectivity index (χ2n) is 7.19. The highest BCUT2D eigenvalue weighted by molar-refractivity contribution is 5.76. The van der Waals surface area contributed by atoms with Crippen LogP contribution in [0.25, 0.3) is 5.57 Å². The molecule has 3 rings (SSSR count). The van der Waals surface area contributed by atoms with E-state index in [1.807, 2.05) is 51.1 Å². The van der Waals surface area contributed by atoms with Crippen molar-refractivity contribution in [1.29, 1.82) is 0 Å². The van der Waals surface area contributed by atoms with Crippen LogP contribution in [0.3, 0.4) is 0 Å². The van der Waals surface area contributed by atoms with E-state index in [0.717, 1.165) is 29.2 Å². The Bertz CT molecular complexity index is 797. The minimum atomic E-state index is -0.491. The van der Waals surface area contributed by atoms with Gasteiger partial charge in [-0.25, -0.2) is 14.8 Å². The van der Waals surface area contributed by atoms with Crippen molar-refractivity contribution in [3.8, 4) is 0 Å². The molecule has 0 atom stereocenters. The van der Waals surface area contributed by atoms with Gasteiger partial charge in [0.05, 0.1) is 0 Å². The minimum absolute atomic E-state index is 0.274. The van der Waals surface area contributed by atoms with E-state index in [0.29, 0.717) is 13.1 Å². The van der Waals surface area contributed by atoms with Crippen molar-refractivity contribution >= 4 is 23.3 Å². The fourth-order valence-corrected chi connectivity index (χ4v) is 2.70. The van der Waals surface area contributed by atoms with Gasteiger partial charge in [0.2, 0.25) is 0 Å². The maximum Gasteiger partial charge on any atom is 0.410 e. The lowest BCUT2D eigenvalue weighted by Gasteiger charge is -2.30. The fraction of sp³-hybridized carbons (Fsp3) is 0.350. The first-order valence-corrected chi connectivity index (χ1v) is 8.72. The summed E-state index contributed by atoms with van der Waals surface area (Å²) >= 11 is 0. The van der Waals surface area contributed by atoms with Crippen LogP contribution in [-0.2, 0) is 4.74 Å². The number of amides is 1. The van der Waals surface area contributed by atoms with Crippen LogP contribution in [-0.4, -0.2) is 39.7 Å². The van der Waals surface area contributed by atoms with Gasteiger partial charge in [0.15, 0.2) is 0 Å². The molecular weight excluding hydrogens is 328 g/mol. The third-order valence-corrected chi connectivity index (χ3v) is 3.85. The maximum atomic E-state index is 12.3. The summed E-state index contributed by atoms with van der Waals surface area (Å²) in [5.41, 5.74) is 1.63. The van der Waals surface area contributed by atoms with E-state index in [2.05, 4.69) is 21.4 Å². The number of carbonyl (C=O) groups excluding carboxylic acids is 1. The molecule has 0 aromatic carbocycles. The molecule has 0 saturated carbocycles. The van der Waals surface area contributed by atoms with Gasteiger partial charge in [-0.15, -0.1) is 0 Å². The Morgan fingerprint density at radius 1 is 1.15 bits per heavy atom. The molecule has 1 N–H and O–H groups in total. The number of nitrogens with one attached hydrogen (secondary N) is 1. The molecular formula is C20H24N4O2. The van der Waals surface area contributed by atoms with Gasteiger partial charge in [-0.2, -0.15) is 0 Å².